The lowest BCUT2D eigenvalue weighted by Crippen LogP contribution is -2.06. The summed E-state index contributed by atoms with van der Waals surface area (Å²) in [6.07, 6.45) is 0.353. The van der Waals surface area contributed by atoms with Crippen LogP contribution in [0.2, 0.25) is 0 Å². The van der Waals surface area contributed by atoms with Crippen LogP contribution in [0.25, 0.3) is 0 Å². The van der Waals surface area contributed by atoms with Gasteiger partial charge in [0.2, 0.25) is 0 Å². The molecule has 0 radical (unpaired) electrons. The number of ketones is 1. The lowest BCUT2D eigenvalue weighted by Gasteiger charge is -2.18. The van der Waals surface area contributed by atoms with Crippen molar-refractivity contribution in [3.8, 4) is 5.75 Å². The normalized spacial score (nSPS) is 11.9. The Kier molecular flexibility index (Phi) is 5.95. The second kappa shape index (κ2) is 8.37. The highest BCUT2D eigenvalue weighted by molar-refractivity contribution is 9.10. The zero-order valence-electron chi connectivity index (χ0n) is 13.4. The molecule has 1 unspecified atom stereocenters. The molecule has 0 saturated heterocycles. The van der Waals surface area contributed by atoms with E-state index in [0.29, 0.717) is 12.0 Å². The quantitative estimate of drug-likeness (QED) is 0.383. The molecule has 0 saturated carbocycles. The van der Waals surface area contributed by atoms with Crippen LogP contribution in [0.1, 0.15) is 27.6 Å². The van der Waals surface area contributed by atoms with Gasteiger partial charge in [0.05, 0.1) is 0 Å². The van der Waals surface area contributed by atoms with Crippen LogP contribution in [-0.4, -0.2) is 10.9 Å². The minimum Gasteiger partial charge on any atom is -0.507 e. The Labute approximate surface area is 160 Å². The molecule has 1 atom stereocenters. The highest BCUT2D eigenvalue weighted by atomic mass is 79.9. The number of aromatic hydroxyl groups is 1. The minimum atomic E-state index is -0.100. The lowest BCUT2D eigenvalue weighted by molar-refractivity contribution is 0.0982. The maximum absolute atomic E-state index is 12.7. The Bertz CT molecular complexity index is 865. The van der Waals surface area contributed by atoms with E-state index < -0.39 is 0 Å². The van der Waals surface area contributed by atoms with Crippen LogP contribution in [0.4, 0.5) is 0 Å². The van der Waals surface area contributed by atoms with Crippen LogP contribution in [0, 0.1) is 0 Å². The smallest absolute Gasteiger partial charge is 0.164 e. The van der Waals surface area contributed by atoms with Crippen molar-refractivity contribution in [2.45, 2.75) is 16.6 Å². The van der Waals surface area contributed by atoms with Gasteiger partial charge in [-0.05, 0) is 23.8 Å². The number of carbonyl (C=O) groups excluding carboxylic acids is 1. The number of halogens is 1. The Morgan fingerprint density at radius 1 is 0.920 bits per heavy atom. The summed E-state index contributed by atoms with van der Waals surface area (Å²) in [6.45, 7) is 0. The van der Waals surface area contributed by atoms with E-state index in [1.165, 1.54) is 11.8 Å². The van der Waals surface area contributed by atoms with Crippen LogP contribution in [-0.2, 0) is 0 Å². The third-order valence-electron chi connectivity index (χ3n) is 3.85. The third kappa shape index (κ3) is 4.53. The first-order chi connectivity index (χ1) is 12.1. The molecule has 2 nitrogen and oxygen atoms in total. The van der Waals surface area contributed by atoms with Gasteiger partial charge in [0.15, 0.2) is 5.78 Å². The fourth-order valence-corrected chi connectivity index (χ4v) is 4.50. The molecule has 126 valence electrons. The highest BCUT2D eigenvalue weighted by Crippen LogP contribution is 2.44. The van der Waals surface area contributed by atoms with E-state index in [-0.39, 0.29) is 16.8 Å². The maximum atomic E-state index is 12.7. The summed E-state index contributed by atoms with van der Waals surface area (Å²) in [4.78, 5) is 13.5. The second-order valence-corrected chi connectivity index (χ2v) is 7.69. The number of phenols is 1. The average Bonchev–Trinajstić information content (AvgIpc) is 2.64. The van der Waals surface area contributed by atoms with Crippen LogP contribution in [0.5, 0.6) is 5.75 Å². The van der Waals surface area contributed by atoms with E-state index in [9.17, 15) is 9.90 Å². The molecule has 0 amide bonds. The molecule has 0 spiro atoms. The van der Waals surface area contributed by atoms with Crippen molar-refractivity contribution in [3.05, 3.63) is 94.5 Å². The number of phenolic OH excluding ortho intramolecular Hbond substituents is 1. The summed E-state index contributed by atoms with van der Waals surface area (Å²) in [5.41, 5.74) is 1.75. The van der Waals surface area contributed by atoms with E-state index in [4.69, 9.17) is 0 Å². The van der Waals surface area contributed by atoms with Gasteiger partial charge in [-0.15, -0.1) is 11.8 Å². The first kappa shape index (κ1) is 17.8. The van der Waals surface area contributed by atoms with Gasteiger partial charge in [0.25, 0.3) is 0 Å². The SMILES string of the molecule is O=C(CC(Sc1ccccc1O)c1ccccc1Br)c1ccccc1. The summed E-state index contributed by atoms with van der Waals surface area (Å²) in [5.74, 6) is 0.320. The number of hydrogen-bond donors (Lipinski definition) is 1. The van der Waals surface area contributed by atoms with Crippen molar-refractivity contribution in [2.75, 3.05) is 0 Å². The van der Waals surface area contributed by atoms with E-state index in [1.54, 1.807) is 12.1 Å². The molecular weight excluding hydrogens is 396 g/mol. The molecule has 25 heavy (non-hydrogen) atoms. The van der Waals surface area contributed by atoms with Crippen molar-refractivity contribution in [1.29, 1.82) is 0 Å². The molecule has 3 rings (SSSR count). The number of thioether (sulfide) groups is 1. The van der Waals surface area contributed by atoms with Crippen LogP contribution < -0.4 is 0 Å². The third-order valence-corrected chi connectivity index (χ3v) is 5.88. The molecular formula is C21H17BrO2S. The van der Waals surface area contributed by atoms with Gasteiger partial charge in [0.1, 0.15) is 5.75 Å². The van der Waals surface area contributed by atoms with Gasteiger partial charge in [-0.2, -0.15) is 0 Å². The summed E-state index contributed by atoms with van der Waals surface area (Å²) in [5, 5.41) is 10.0. The Balaban J connectivity index is 1.91. The summed E-state index contributed by atoms with van der Waals surface area (Å²) in [7, 11) is 0. The van der Waals surface area contributed by atoms with E-state index in [1.807, 2.05) is 66.7 Å². The number of hydrogen-bond acceptors (Lipinski definition) is 3. The standard InChI is InChI=1S/C21H17BrO2S/c22-17-11-5-4-10-16(17)21(25-20-13-7-6-12-18(20)23)14-19(24)15-8-2-1-3-9-15/h1-13,21,23H,14H2. The van der Waals surface area contributed by atoms with Gasteiger partial charge in [0, 0.05) is 26.6 Å². The molecule has 1 N–H and O–H groups in total. The summed E-state index contributed by atoms with van der Waals surface area (Å²) < 4.78 is 0.962. The van der Waals surface area contributed by atoms with Gasteiger partial charge in [-0.25, -0.2) is 0 Å². The number of Topliss-reactive ketones (excluding diaryl/α,β-unsaturated/α-hetero) is 1. The molecule has 3 aromatic carbocycles. The van der Waals surface area contributed by atoms with Crippen molar-refractivity contribution in [2.24, 2.45) is 0 Å². The van der Waals surface area contributed by atoms with Crippen LogP contribution >= 0.6 is 27.7 Å². The van der Waals surface area contributed by atoms with Crippen LogP contribution in [0.15, 0.2) is 88.2 Å². The molecule has 0 aliphatic heterocycles. The first-order valence-electron chi connectivity index (χ1n) is 7.92. The molecule has 0 fully saturated rings. The highest BCUT2D eigenvalue weighted by Gasteiger charge is 2.21. The predicted molar refractivity (Wildman–Crippen MR) is 106 cm³/mol. The summed E-state index contributed by atoms with van der Waals surface area (Å²) in [6, 6.07) is 24.4. The Morgan fingerprint density at radius 3 is 2.28 bits per heavy atom. The van der Waals surface area contributed by atoms with Gasteiger partial charge >= 0.3 is 0 Å². The van der Waals surface area contributed by atoms with Crippen molar-refractivity contribution >= 4 is 33.5 Å². The largest absolute Gasteiger partial charge is 0.507 e. The Hall–Kier alpha value is -2.04. The molecule has 0 bridgehead atoms. The second-order valence-electron chi connectivity index (χ2n) is 5.59. The molecule has 0 heterocycles. The van der Waals surface area contributed by atoms with E-state index in [0.717, 1.165) is 14.9 Å². The lowest BCUT2D eigenvalue weighted by atomic mass is 10.0. The molecule has 4 heteroatoms. The van der Waals surface area contributed by atoms with Crippen molar-refractivity contribution in [3.63, 3.8) is 0 Å². The topological polar surface area (TPSA) is 37.3 Å². The van der Waals surface area contributed by atoms with Gasteiger partial charge < -0.3 is 5.11 Å². The van der Waals surface area contributed by atoms with Crippen molar-refractivity contribution < 1.29 is 9.90 Å². The van der Waals surface area contributed by atoms with Gasteiger partial charge in [-0.1, -0.05) is 76.6 Å². The maximum Gasteiger partial charge on any atom is 0.164 e. The Morgan fingerprint density at radius 2 is 1.56 bits per heavy atom. The average molecular weight is 413 g/mol. The van der Waals surface area contributed by atoms with E-state index >= 15 is 0 Å². The molecule has 3 aromatic rings. The van der Waals surface area contributed by atoms with E-state index in [2.05, 4.69) is 15.9 Å². The minimum absolute atomic E-state index is 0.0873. The monoisotopic (exact) mass is 412 g/mol. The zero-order valence-corrected chi connectivity index (χ0v) is 15.8. The van der Waals surface area contributed by atoms with Crippen molar-refractivity contribution in [1.82, 2.24) is 0 Å². The number of carbonyl (C=O) groups is 1. The fourth-order valence-electron chi connectivity index (χ4n) is 2.57. The van der Waals surface area contributed by atoms with Crippen LogP contribution in [0.3, 0.4) is 0 Å². The molecule has 0 aromatic heterocycles. The number of para-hydroxylation sites is 1. The first-order valence-corrected chi connectivity index (χ1v) is 9.60. The molecule has 0 aliphatic rings. The predicted octanol–water partition coefficient (Wildman–Crippen LogP) is 6.26. The zero-order chi connectivity index (χ0) is 17.6. The number of benzene rings is 3. The number of rotatable bonds is 6. The fraction of sp³-hybridized carbons (Fsp3) is 0.0952. The molecule has 0 aliphatic carbocycles. The summed E-state index contributed by atoms with van der Waals surface area (Å²) >= 11 is 5.09. The van der Waals surface area contributed by atoms with Gasteiger partial charge in [-0.3, -0.25) is 4.79 Å².